The molecule has 0 unspecified atom stereocenters. The van der Waals surface area contributed by atoms with Crippen LogP contribution in [0.1, 0.15) is 19.4 Å². The van der Waals surface area contributed by atoms with Crippen LogP contribution in [0, 0.1) is 0 Å². The van der Waals surface area contributed by atoms with Crippen molar-refractivity contribution in [2.45, 2.75) is 20.0 Å². The molecule has 2 aromatic rings. The third-order valence-electron chi connectivity index (χ3n) is 3.59. The van der Waals surface area contributed by atoms with Crippen molar-refractivity contribution in [2.24, 2.45) is 0 Å². The molecular weight excluding hydrogens is 346 g/mol. The van der Waals surface area contributed by atoms with Gasteiger partial charge in [0.1, 0.15) is 5.75 Å². The second-order valence-corrected chi connectivity index (χ2v) is 5.98. The summed E-state index contributed by atoms with van der Waals surface area (Å²) in [5.41, 5.74) is 1.41. The summed E-state index contributed by atoms with van der Waals surface area (Å²) in [4.78, 5) is 12.3. The molecule has 6 heteroatoms. The summed E-state index contributed by atoms with van der Waals surface area (Å²) < 4.78 is 21.5. The molecule has 0 saturated carbocycles. The summed E-state index contributed by atoms with van der Waals surface area (Å²) in [6.07, 6.45) is 3.27. The summed E-state index contributed by atoms with van der Waals surface area (Å²) >= 11 is 0. The molecule has 0 saturated heterocycles. The minimum atomic E-state index is -0.278. The minimum absolute atomic E-state index is 0.0903. The monoisotopic (exact) mass is 371 g/mol. The second kappa shape index (κ2) is 9.52. The molecule has 0 heterocycles. The van der Waals surface area contributed by atoms with Gasteiger partial charge in [-0.3, -0.25) is 4.79 Å². The van der Waals surface area contributed by atoms with Gasteiger partial charge in [0.05, 0.1) is 27.4 Å². The van der Waals surface area contributed by atoms with Gasteiger partial charge in [-0.2, -0.15) is 0 Å². The van der Waals surface area contributed by atoms with Gasteiger partial charge in [0.25, 0.3) is 0 Å². The smallest absolute Gasteiger partial charge is 0.248 e. The highest BCUT2D eigenvalue weighted by molar-refractivity contribution is 6.02. The Kier molecular flexibility index (Phi) is 7.11. The van der Waals surface area contributed by atoms with Crippen LogP contribution < -0.4 is 24.3 Å². The first kappa shape index (κ1) is 20.2. The summed E-state index contributed by atoms with van der Waals surface area (Å²) in [6, 6.07) is 10.9. The standard InChI is InChI=1S/C21H25NO5/c1-14(2)27-17-8-6-7-15(11-17)9-10-20(23)22-16-12-18(24-3)21(26-5)19(13-16)25-4/h6-14H,1-5H3,(H,22,23)/b10-9+. The number of carbonyl (C=O) groups excluding carboxylic acids is 1. The zero-order chi connectivity index (χ0) is 19.8. The number of carbonyl (C=O) groups is 1. The van der Waals surface area contributed by atoms with Crippen LogP contribution in [-0.4, -0.2) is 33.3 Å². The number of amides is 1. The average molecular weight is 371 g/mol. The summed E-state index contributed by atoms with van der Waals surface area (Å²) in [6.45, 7) is 3.93. The van der Waals surface area contributed by atoms with E-state index in [2.05, 4.69) is 5.32 Å². The van der Waals surface area contributed by atoms with E-state index in [9.17, 15) is 4.79 Å². The number of hydrogen-bond donors (Lipinski definition) is 1. The molecule has 1 N–H and O–H groups in total. The molecule has 0 aromatic heterocycles. The fourth-order valence-electron chi connectivity index (χ4n) is 2.47. The number of anilines is 1. The summed E-state index contributed by atoms with van der Waals surface area (Å²) in [5.74, 6) is 1.89. The van der Waals surface area contributed by atoms with Crippen LogP contribution in [0.15, 0.2) is 42.5 Å². The Balaban J connectivity index is 2.12. The van der Waals surface area contributed by atoms with Crippen LogP contribution in [0.4, 0.5) is 5.69 Å². The van der Waals surface area contributed by atoms with Gasteiger partial charge in [0.15, 0.2) is 11.5 Å². The average Bonchev–Trinajstić information content (AvgIpc) is 2.65. The lowest BCUT2D eigenvalue weighted by atomic mass is 10.2. The van der Waals surface area contributed by atoms with Gasteiger partial charge in [0, 0.05) is 23.9 Å². The third kappa shape index (κ3) is 5.67. The van der Waals surface area contributed by atoms with Crippen molar-refractivity contribution in [1.29, 1.82) is 0 Å². The number of rotatable bonds is 8. The van der Waals surface area contributed by atoms with Gasteiger partial charge in [0.2, 0.25) is 11.7 Å². The predicted molar refractivity (Wildman–Crippen MR) is 106 cm³/mol. The largest absolute Gasteiger partial charge is 0.493 e. The van der Waals surface area contributed by atoms with Crippen molar-refractivity contribution in [1.82, 2.24) is 0 Å². The lowest BCUT2D eigenvalue weighted by molar-refractivity contribution is -0.111. The molecule has 0 radical (unpaired) electrons. The summed E-state index contributed by atoms with van der Waals surface area (Å²) in [5, 5.41) is 2.79. The van der Waals surface area contributed by atoms with Crippen LogP contribution in [0.5, 0.6) is 23.0 Å². The van der Waals surface area contributed by atoms with E-state index in [0.29, 0.717) is 22.9 Å². The van der Waals surface area contributed by atoms with E-state index in [0.717, 1.165) is 11.3 Å². The van der Waals surface area contributed by atoms with Crippen molar-refractivity contribution in [2.75, 3.05) is 26.6 Å². The normalized spacial score (nSPS) is 10.7. The molecule has 0 spiro atoms. The van der Waals surface area contributed by atoms with E-state index in [4.69, 9.17) is 18.9 Å². The molecule has 0 fully saturated rings. The topological polar surface area (TPSA) is 66.0 Å². The van der Waals surface area contributed by atoms with Crippen LogP contribution in [0.2, 0.25) is 0 Å². The number of nitrogens with one attached hydrogen (secondary N) is 1. The van der Waals surface area contributed by atoms with Gasteiger partial charge >= 0.3 is 0 Å². The Hall–Kier alpha value is -3.15. The minimum Gasteiger partial charge on any atom is -0.493 e. The maximum Gasteiger partial charge on any atom is 0.248 e. The number of ether oxygens (including phenoxy) is 4. The molecule has 0 aliphatic heterocycles. The SMILES string of the molecule is COc1cc(NC(=O)/C=C/c2cccc(OC(C)C)c2)cc(OC)c1OC. The zero-order valence-corrected chi connectivity index (χ0v) is 16.2. The Bertz CT molecular complexity index is 789. The van der Waals surface area contributed by atoms with E-state index >= 15 is 0 Å². The first-order valence-corrected chi connectivity index (χ1v) is 8.52. The molecule has 27 heavy (non-hydrogen) atoms. The second-order valence-electron chi connectivity index (χ2n) is 5.98. The highest BCUT2D eigenvalue weighted by Gasteiger charge is 2.13. The number of benzene rings is 2. The first-order valence-electron chi connectivity index (χ1n) is 8.52. The van der Waals surface area contributed by atoms with E-state index in [-0.39, 0.29) is 12.0 Å². The third-order valence-corrected chi connectivity index (χ3v) is 3.59. The zero-order valence-electron chi connectivity index (χ0n) is 16.2. The summed E-state index contributed by atoms with van der Waals surface area (Å²) in [7, 11) is 4.57. The molecular formula is C21H25NO5. The Morgan fingerprint density at radius 1 is 1.00 bits per heavy atom. The van der Waals surface area contributed by atoms with E-state index in [1.807, 2.05) is 38.1 Å². The maximum absolute atomic E-state index is 12.3. The predicted octanol–water partition coefficient (Wildman–Crippen LogP) is 4.15. The lowest BCUT2D eigenvalue weighted by Crippen LogP contribution is -2.08. The molecule has 0 atom stereocenters. The van der Waals surface area contributed by atoms with Gasteiger partial charge in [-0.1, -0.05) is 12.1 Å². The molecule has 2 aromatic carbocycles. The van der Waals surface area contributed by atoms with Gasteiger partial charge in [-0.25, -0.2) is 0 Å². The van der Waals surface area contributed by atoms with Crippen LogP contribution in [0.25, 0.3) is 6.08 Å². The van der Waals surface area contributed by atoms with Crippen LogP contribution in [0.3, 0.4) is 0 Å². The fraction of sp³-hybridized carbons (Fsp3) is 0.286. The molecule has 2 rings (SSSR count). The van der Waals surface area contributed by atoms with Crippen LogP contribution >= 0.6 is 0 Å². The number of hydrogen-bond acceptors (Lipinski definition) is 5. The van der Waals surface area contributed by atoms with Gasteiger partial charge in [-0.05, 0) is 37.6 Å². The van der Waals surface area contributed by atoms with Crippen LogP contribution in [-0.2, 0) is 4.79 Å². The molecule has 0 aliphatic carbocycles. The highest BCUT2D eigenvalue weighted by Crippen LogP contribution is 2.39. The number of methoxy groups -OCH3 is 3. The Labute approximate surface area is 159 Å². The molecule has 144 valence electrons. The quantitative estimate of drug-likeness (QED) is 0.706. The van der Waals surface area contributed by atoms with Crippen molar-refractivity contribution in [3.63, 3.8) is 0 Å². The van der Waals surface area contributed by atoms with E-state index in [1.54, 1.807) is 18.2 Å². The van der Waals surface area contributed by atoms with Gasteiger partial charge < -0.3 is 24.3 Å². The van der Waals surface area contributed by atoms with Crippen molar-refractivity contribution >= 4 is 17.7 Å². The van der Waals surface area contributed by atoms with E-state index in [1.165, 1.54) is 27.4 Å². The molecule has 6 nitrogen and oxygen atoms in total. The van der Waals surface area contributed by atoms with E-state index < -0.39 is 0 Å². The first-order chi connectivity index (χ1) is 13.0. The molecule has 1 amide bonds. The lowest BCUT2D eigenvalue weighted by Gasteiger charge is -2.14. The Morgan fingerprint density at radius 2 is 1.67 bits per heavy atom. The highest BCUT2D eigenvalue weighted by atomic mass is 16.5. The van der Waals surface area contributed by atoms with Crippen molar-refractivity contribution < 1.29 is 23.7 Å². The maximum atomic E-state index is 12.3. The molecule has 0 aliphatic rings. The molecule has 0 bridgehead atoms. The van der Waals surface area contributed by atoms with Crippen molar-refractivity contribution in [3.05, 3.63) is 48.0 Å². The Morgan fingerprint density at radius 3 is 2.22 bits per heavy atom. The van der Waals surface area contributed by atoms with Gasteiger partial charge in [-0.15, -0.1) is 0 Å². The fourth-order valence-corrected chi connectivity index (χ4v) is 2.47. The van der Waals surface area contributed by atoms with Crippen molar-refractivity contribution in [3.8, 4) is 23.0 Å².